The summed E-state index contributed by atoms with van der Waals surface area (Å²) in [6, 6.07) is 27.7. The van der Waals surface area contributed by atoms with Crippen molar-refractivity contribution in [1.82, 2.24) is 0 Å². The number of carbonyl (C=O) groups is 2. The number of aryl methyl sites for hydroxylation is 4. The van der Waals surface area contributed by atoms with Gasteiger partial charge >= 0.3 is 11.9 Å². The number of anilines is 2. The average molecular weight is 901 g/mol. The molecule has 0 aliphatic heterocycles. The van der Waals surface area contributed by atoms with Crippen LogP contribution in [0.2, 0.25) is 0 Å². The summed E-state index contributed by atoms with van der Waals surface area (Å²) in [6.45, 7) is 9.13. The third-order valence-electron chi connectivity index (χ3n) is 13.1. The summed E-state index contributed by atoms with van der Waals surface area (Å²) in [6.07, 6.45) is 37.3. The standard InChI is InChI=1S/2C26H41N.C8H6O4/c2*1-3-5-7-9-11-13-16-22-18-15-19-24-25(27)21-20-23(26(22)24)17-14-12-10-8-6-4-2;9-7(10)5-3-1-2-4-6(5)8(11)12/h2*15,18-21H,3-14,16-17,27H2,1-2H3;1-4H,(H,9,10)(H,11,12). The predicted molar refractivity (Wildman–Crippen MR) is 285 cm³/mol. The summed E-state index contributed by atoms with van der Waals surface area (Å²) >= 11 is 0. The maximum atomic E-state index is 10.5. The van der Waals surface area contributed by atoms with E-state index in [0.29, 0.717) is 0 Å². The molecule has 5 aromatic carbocycles. The number of rotatable bonds is 30. The predicted octanol–water partition coefficient (Wildman–Crippen LogP) is 17.5. The van der Waals surface area contributed by atoms with Crippen molar-refractivity contribution in [3.63, 3.8) is 0 Å². The molecule has 0 unspecified atom stereocenters. The van der Waals surface area contributed by atoms with Crippen molar-refractivity contribution in [1.29, 1.82) is 0 Å². The molecule has 0 saturated carbocycles. The fourth-order valence-corrected chi connectivity index (χ4v) is 9.24. The topological polar surface area (TPSA) is 127 Å². The van der Waals surface area contributed by atoms with Crippen LogP contribution in [0.15, 0.2) is 84.9 Å². The number of hydrogen-bond acceptors (Lipinski definition) is 4. The monoisotopic (exact) mass is 901 g/mol. The van der Waals surface area contributed by atoms with Gasteiger partial charge in [-0.1, -0.05) is 217 Å². The third kappa shape index (κ3) is 19.9. The van der Waals surface area contributed by atoms with Crippen LogP contribution in [-0.4, -0.2) is 22.2 Å². The minimum absolute atomic E-state index is 0.190. The first-order valence-corrected chi connectivity index (χ1v) is 26.3. The Labute approximate surface area is 400 Å². The lowest BCUT2D eigenvalue weighted by molar-refractivity contribution is 0.0651. The lowest BCUT2D eigenvalue weighted by Gasteiger charge is -2.14. The van der Waals surface area contributed by atoms with Crippen molar-refractivity contribution in [2.45, 2.75) is 207 Å². The lowest BCUT2D eigenvalue weighted by atomic mass is 9.92. The van der Waals surface area contributed by atoms with Gasteiger partial charge in [0.1, 0.15) is 0 Å². The molecular weight excluding hydrogens is 813 g/mol. The van der Waals surface area contributed by atoms with Crippen LogP contribution in [0, 0.1) is 0 Å². The van der Waals surface area contributed by atoms with Gasteiger partial charge in [0.25, 0.3) is 0 Å². The number of fused-ring (bicyclic) bond motifs is 2. The van der Waals surface area contributed by atoms with E-state index in [9.17, 15) is 9.59 Å². The van der Waals surface area contributed by atoms with Gasteiger partial charge in [-0.3, -0.25) is 0 Å². The van der Waals surface area contributed by atoms with E-state index in [1.807, 2.05) is 0 Å². The fraction of sp³-hybridized carbons (Fsp3) is 0.533. The molecule has 0 bridgehead atoms. The molecule has 6 heteroatoms. The Hall–Kier alpha value is -4.84. The second kappa shape index (κ2) is 33.6. The molecule has 362 valence electrons. The molecule has 0 saturated heterocycles. The number of carboxylic acids is 2. The first-order valence-electron chi connectivity index (χ1n) is 26.3. The molecule has 0 atom stereocenters. The zero-order valence-corrected chi connectivity index (χ0v) is 41.7. The number of nitrogen functional groups attached to an aromatic ring is 2. The zero-order valence-electron chi connectivity index (χ0n) is 41.7. The SMILES string of the molecule is CCCCCCCCc1cccc2c(N)ccc(CCCCCCCC)c12.CCCCCCCCc1cccc2c(N)ccc(CCCCCCCC)c12.O=C(O)c1ccccc1C(=O)O. The minimum Gasteiger partial charge on any atom is -0.478 e. The largest absolute Gasteiger partial charge is 0.478 e. The van der Waals surface area contributed by atoms with E-state index in [4.69, 9.17) is 21.7 Å². The molecule has 6 nitrogen and oxygen atoms in total. The second-order valence-electron chi connectivity index (χ2n) is 18.5. The van der Waals surface area contributed by atoms with Crippen molar-refractivity contribution < 1.29 is 19.8 Å². The number of unbranched alkanes of at least 4 members (excludes halogenated alkanes) is 20. The maximum absolute atomic E-state index is 10.5. The quantitative estimate of drug-likeness (QED) is 0.0269. The van der Waals surface area contributed by atoms with Crippen LogP contribution < -0.4 is 11.5 Å². The van der Waals surface area contributed by atoms with Crippen LogP contribution in [0.25, 0.3) is 21.5 Å². The van der Waals surface area contributed by atoms with E-state index >= 15 is 0 Å². The molecule has 0 aliphatic rings. The summed E-state index contributed by atoms with van der Waals surface area (Å²) in [7, 11) is 0. The summed E-state index contributed by atoms with van der Waals surface area (Å²) < 4.78 is 0. The molecule has 0 fully saturated rings. The first kappa shape index (κ1) is 55.5. The van der Waals surface area contributed by atoms with Gasteiger partial charge in [0.2, 0.25) is 0 Å². The van der Waals surface area contributed by atoms with E-state index in [0.717, 1.165) is 11.4 Å². The molecule has 0 aromatic heterocycles. The highest BCUT2D eigenvalue weighted by Gasteiger charge is 2.14. The number of benzene rings is 5. The Morgan fingerprint density at radius 2 is 0.621 bits per heavy atom. The van der Waals surface area contributed by atoms with E-state index < -0.39 is 11.9 Å². The van der Waals surface area contributed by atoms with E-state index in [2.05, 4.69) is 88.4 Å². The number of aromatic carboxylic acids is 2. The summed E-state index contributed by atoms with van der Waals surface area (Å²) in [5, 5.41) is 22.5. The number of nitrogens with two attached hydrogens (primary N) is 2. The van der Waals surface area contributed by atoms with E-state index in [1.54, 1.807) is 0 Å². The van der Waals surface area contributed by atoms with Crippen LogP contribution in [0.3, 0.4) is 0 Å². The van der Waals surface area contributed by atoms with E-state index in [-0.39, 0.29) is 11.1 Å². The normalized spacial score (nSPS) is 11.0. The van der Waals surface area contributed by atoms with Crippen molar-refractivity contribution in [2.24, 2.45) is 0 Å². The minimum atomic E-state index is -1.23. The van der Waals surface area contributed by atoms with Gasteiger partial charge < -0.3 is 21.7 Å². The van der Waals surface area contributed by atoms with Crippen molar-refractivity contribution >= 4 is 44.9 Å². The highest BCUT2D eigenvalue weighted by Crippen LogP contribution is 2.32. The van der Waals surface area contributed by atoms with Crippen LogP contribution in [0.4, 0.5) is 11.4 Å². The van der Waals surface area contributed by atoms with Gasteiger partial charge in [0, 0.05) is 22.1 Å². The molecule has 66 heavy (non-hydrogen) atoms. The maximum Gasteiger partial charge on any atom is 0.336 e. The Morgan fingerprint density at radius 1 is 0.348 bits per heavy atom. The average Bonchev–Trinajstić information content (AvgIpc) is 3.32. The third-order valence-corrected chi connectivity index (χ3v) is 13.1. The van der Waals surface area contributed by atoms with Crippen molar-refractivity contribution in [3.8, 4) is 0 Å². The molecule has 0 amide bonds. The smallest absolute Gasteiger partial charge is 0.336 e. The molecule has 5 aromatic rings. The molecular formula is C60H88N2O4. The van der Waals surface area contributed by atoms with Gasteiger partial charge in [-0.2, -0.15) is 0 Å². The first-order chi connectivity index (χ1) is 32.2. The number of carboxylic acid groups (broad SMARTS) is 2. The van der Waals surface area contributed by atoms with Crippen LogP contribution in [0.1, 0.15) is 225 Å². The second-order valence-corrected chi connectivity index (χ2v) is 18.5. The molecule has 0 spiro atoms. The summed E-state index contributed by atoms with van der Waals surface area (Å²) in [5.74, 6) is -2.46. The highest BCUT2D eigenvalue weighted by atomic mass is 16.4. The molecule has 5 rings (SSSR count). The molecule has 6 N–H and O–H groups in total. The van der Waals surface area contributed by atoms with Crippen molar-refractivity contribution in [2.75, 3.05) is 11.5 Å². The van der Waals surface area contributed by atoms with Crippen LogP contribution in [0.5, 0.6) is 0 Å². The highest BCUT2D eigenvalue weighted by molar-refractivity contribution is 6.01. The van der Waals surface area contributed by atoms with Gasteiger partial charge in [-0.05, 0) is 109 Å². The Bertz CT molecular complexity index is 1930. The van der Waals surface area contributed by atoms with Gasteiger partial charge in [-0.25, -0.2) is 9.59 Å². The summed E-state index contributed by atoms with van der Waals surface area (Å²) in [5.41, 5.74) is 20.2. The fourth-order valence-electron chi connectivity index (χ4n) is 9.24. The molecule has 0 heterocycles. The molecule has 0 aliphatic carbocycles. The zero-order chi connectivity index (χ0) is 47.8. The molecule has 0 radical (unpaired) electrons. The lowest BCUT2D eigenvalue weighted by Crippen LogP contribution is -2.06. The number of hydrogen-bond donors (Lipinski definition) is 4. The Kier molecular flexibility index (Phi) is 28.2. The van der Waals surface area contributed by atoms with Gasteiger partial charge in [0.15, 0.2) is 0 Å². The Morgan fingerprint density at radius 3 is 0.909 bits per heavy atom. The summed E-state index contributed by atoms with van der Waals surface area (Å²) in [4.78, 5) is 20.9. The van der Waals surface area contributed by atoms with Gasteiger partial charge in [0.05, 0.1) is 11.1 Å². The van der Waals surface area contributed by atoms with Gasteiger partial charge in [-0.15, -0.1) is 0 Å². The van der Waals surface area contributed by atoms with Crippen LogP contribution in [-0.2, 0) is 25.7 Å². The van der Waals surface area contributed by atoms with Crippen molar-refractivity contribution in [3.05, 3.63) is 118 Å². The Balaban J connectivity index is 0.000000282. The van der Waals surface area contributed by atoms with E-state index in [1.165, 1.54) is 248 Å². The van der Waals surface area contributed by atoms with Crippen LogP contribution >= 0.6 is 0 Å².